The first-order valence-electron chi connectivity index (χ1n) is 8.29. The van der Waals surface area contributed by atoms with Gasteiger partial charge in [-0.3, -0.25) is 10.2 Å². The van der Waals surface area contributed by atoms with Gasteiger partial charge in [-0.25, -0.2) is 4.79 Å². The number of carbonyl (C=O) groups is 2. The van der Waals surface area contributed by atoms with Gasteiger partial charge in [0.05, 0.1) is 7.11 Å². The summed E-state index contributed by atoms with van der Waals surface area (Å²) in [4.78, 5) is 25.3. The second-order valence-electron chi connectivity index (χ2n) is 6.36. The Balaban J connectivity index is 1.75. The summed E-state index contributed by atoms with van der Waals surface area (Å²) in [6.07, 6.45) is 0. The maximum atomic E-state index is 12.9. The molecule has 0 aliphatic carbocycles. The van der Waals surface area contributed by atoms with E-state index in [2.05, 4.69) is 16.1 Å². The smallest absolute Gasteiger partial charge is 0.344 e. The molecule has 3 N–H and O–H groups in total. The molecule has 0 unspecified atom stereocenters. The zero-order valence-electron chi connectivity index (χ0n) is 15.2. The van der Waals surface area contributed by atoms with E-state index in [9.17, 15) is 9.59 Å². The number of nitrogens with zero attached hydrogens (tertiary/aromatic N) is 1. The topological polar surface area (TPSA) is 82.7 Å². The summed E-state index contributed by atoms with van der Waals surface area (Å²) in [5.74, 6) is 0.132. The molecule has 1 fully saturated rings. The number of methoxy groups -OCH3 is 1. The van der Waals surface area contributed by atoms with Gasteiger partial charge in [0.25, 0.3) is 5.91 Å². The minimum atomic E-state index is -1.22. The van der Waals surface area contributed by atoms with Crippen LogP contribution in [0.25, 0.3) is 0 Å². The normalized spacial score (nSPS) is 18.9. The number of hydrogen-bond donors (Lipinski definition) is 3. The van der Waals surface area contributed by atoms with Gasteiger partial charge in [-0.05, 0) is 55.9 Å². The molecule has 1 aliphatic rings. The van der Waals surface area contributed by atoms with Crippen molar-refractivity contribution in [2.45, 2.75) is 19.4 Å². The molecular formula is C19H20N4O3S. The van der Waals surface area contributed by atoms with Crippen LogP contribution < -0.4 is 20.8 Å². The zero-order valence-corrected chi connectivity index (χ0v) is 16.0. The van der Waals surface area contributed by atoms with E-state index < -0.39 is 17.5 Å². The van der Waals surface area contributed by atoms with E-state index >= 15 is 0 Å². The number of amides is 3. The summed E-state index contributed by atoms with van der Waals surface area (Å²) in [6.45, 7) is 3.62. The molecule has 1 heterocycles. The maximum absolute atomic E-state index is 12.9. The van der Waals surface area contributed by atoms with Gasteiger partial charge >= 0.3 is 6.03 Å². The third-order valence-electron chi connectivity index (χ3n) is 4.36. The number of aryl methyl sites for hydroxylation is 1. The molecule has 8 heteroatoms. The number of imide groups is 1. The zero-order chi connectivity index (χ0) is 19.6. The number of urea groups is 1. The molecule has 0 aromatic heterocycles. The Bertz CT molecular complexity index is 900. The number of nitrogens with one attached hydrogen (secondary N) is 3. The molecular weight excluding hydrogens is 364 g/mol. The second-order valence-corrected chi connectivity index (χ2v) is 6.77. The van der Waals surface area contributed by atoms with Gasteiger partial charge in [0.2, 0.25) is 0 Å². The highest BCUT2D eigenvalue weighted by atomic mass is 32.1. The van der Waals surface area contributed by atoms with Gasteiger partial charge in [-0.1, -0.05) is 29.8 Å². The van der Waals surface area contributed by atoms with Crippen molar-refractivity contribution < 1.29 is 14.3 Å². The van der Waals surface area contributed by atoms with E-state index in [0.717, 1.165) is 16.3 Å². The van der Waals surface area contributed by atoms with E-state index in [1.807, 2.05) is 31.2 Å². The molecule has 140 valence electrons. The van der Waals surface area contributed by atoms with Crippen molar-refractivity contribution in [1.29, 1.82) is 0 Å². The largest absolute Gasteiger partial charge is 0.497 e. The Kier molecular flexibility index (Phi) is 5.00. The van der Waals surface area contributed by atoms with Gasteiger partial charge in [0, 0.05) is 5.69 Å². The lowest BCUT2D eigenvalue weighted by Gasteiger charge is -2.23. The van der Waals surface area contributed by atoms with Crippen LogP contribution in [0.2, 0.25) is 0 Å². The van der Waals surface area contributed by atoms with Crippen molar-refractivity contribution in [2.24, 2.45) is 0 Å². The van der Waals surface area contributed by atoms with Crippen molar-refractivity contribution >= 4 is 35.0 Å². The van der Waals surface area contributed by atoms with E-state index in [1.165, 1.54) is 0 Å². The first kappa shape index (κ1) is 18.7. The number of carbonyl (C=O) groups excluding carboxylic acids is 2. The predicted octanol–water partition coefficient (Wildman–Crippen LogP) is 2.67. The highest BCUT2D eigenvalue weighted by molar-refractivity contribution is 7.80. The highest BCUT2D eigenvalue weighted by Gasteiger charge is 2.50. The van der Waals surface area contributed by atoms with Crippen molar-refractivity contribution in [3.8, 4) is 5.75 Å². The molecule has 7 nitrogen and oxygen atoms in total. The van der Waals surface area contributed by atoms with Crippen molar-refractivity contribution in [3.05, 3.63) is 59.7 Å². The quantitative estimate of drug-likeness (QED) is 0.555. The third-order valence-corrected chi connectivity index (χ3v) is 4.55. The molecule has 0 radical (unpaired) electrons. The Labute approximate surface area is 162 Å². The van der Waals surface area contributed by atoms with Gasteiger partial charge in [-0.15, -0.1) is 0 Å². The van der Waals surface area contributed by atoms with Crippen molar-refractivity contribution in [3.63, 3.8) is 0 Å². The minimum absolute atomic E-state index is 0.136. The molecule has 3 rings (SSSR count). The van der Waals surface area contributed by atoms with Gasteiger partial charge in [0.1, 0.15) is 11.3 Å². The highest BCUT2D eigenvalue weighted by Crippen LogP contribution is 2.30. The Hall–Kier alpha value is -3.13. The lowest BCUT2D eigenvalue weighted by molar-refractivity contribution is -0.132. The van der Waals surface area contributed by atoms with Crippen LogP contribution in [0, 0.1) is 6.92 Å². The summed E-state index contributed by atoms with van der Waals surface area (Å²) in [5, 5.41) is 6.67. The molecule has 27 heavy (non-hydrogen) atoms. The molecule has 0 saturated carbocycles. The average molecular weight is 384 g/mol. The number of hydrogen-bond acceptors (Lipinski definition) is 4. The number of benzene rings is 2. The summed E-state index contributed by atoms with van der Waals surface area (Å²) >= 11 is 5.23. The molecule has 2 aromatic rings. The van der Waals surface area contributed by atoms with E-state index in [1.54, 1.807) is 38.3 Å². The van der Waals surface area contributed by atoms with Gasteiger partial charge in [-0.2, -0.15) is 5.01 Å². The monoisotopic (exact) mass is 384 g/mol. The first-order valence-corrected chi connectivity index (χ1v) is 8.70. The standard InChI is InChI=1S/C19H20N4O3S/c1-12-7-9-14(10-8-12)20-17(27)22-23-16(24)19(2,21-18(23)25)13-5-4-6-15(11-13)26-3/h4-11H,1-3H3,(H,21,25)(H2,20,22,27)/t19-/m0/s1. The van der Waals surface area contributed by atoms with Crippen molar-refractivity contribution in [2.75, 3.05) is 12.4 Å². The van der Waals surface area contributed by atoms with E-state index in [0.29, 0.717) is 11.3 Å². The van der Waals surface area contributed by atoms with Crippen LogP contribution in [0.5, 0.6) is 5.75 Å². The number of hydrazine groups is 1. The third kappa shape index (κ3) is 3.70. The molecule has 1 aliphatic heterocycles. The fourth-order valence-electron chi connectivity index (χ4n) is 2.77. The van der Waals surface area contributed by atoms with Crippen LogP contribution in [-0.4, -0.2) is 29.2 Å². The van der Waals surface area contributed by atoms with Crippen molar-refractivity contribution in [1.82, 2.24) is 15.8 Å². The number of thiocarbonyl (C=S) groups is 1. The lowest BCUT2D eigenvalue weighted by atomic mass is 9.92. The fourth-order valence-corrected chi connectivity index (χ4v) is 2.98. The fraction of sp³-hybridized carbons (Fsp3) is 0.211. The summed E-state index contributed by atoms with van der Waals surface area (Å²) in [7, 11) is 1.54. The number of rotatable bonds is 4. The Morgan fingerprint density at radius 1 is 1.19 bits per heavy atom. The van der Waals surface area contributed by atoms with Gasteiger partial charge in [0.15, 0.2) is 5.11 Å². The molecule has 3 amide bonds. The predicted molar refractivity (Wildman–Crippen MR) is 106 cm³/mol. The van der Waals surface area contributed by atoms with E-state index in [-0.39, 0.29) is 5.11 Å². The van der Waals surface area contributed by atoms with Crippen LogP contribution in [0.15, 0.2) is 48.5 Å². The average Bonchev–Trinajstić information content (AvgIpc) is 2.88. The minimum Gasteiger partial charge on any atom is -0.497 e. The summed E-state index contributed by atoms with van der Waals surface area (Å²) < 4.78 is 5.20. The number of ether oxygens (including phenoxy) is 1. The molecule has 2 aromatic carbocycles. The van der Waals surface area contributed by atoms with Crippen LogP contribution in [0.4, 0.5) is 10.5 Å². The lowest BCUT2D eigenvalue weighted by Crippen LogP contribution is -2.49. The van der Waals surface area contributed by atoms with Gasteiger partial charge < -0.3 is 15.4 Å². The van der Waals surface area contributed by atoms with Crippen LogP contribution >= 0.6 is 12.2 Å². The first-order chi connectivity index (χ1) is 12.8. The number of anilines is 1. The molecule has 1 saturated heterocycles. The SMILES string of the molecule is COc1cccc([C@]2(C)NC(=O)N(NC(=S)Nc3ccc(C)cc3)C2=O)c1. The Morgan fingerprint density at radius 3 is 2.56 bits per heavy atom. The Morgan fingerprint density at radius 2 is 1.89 bits per heavy atom. The second kappa shape index (κ2) is 7.24. The maximum Gasteiger partial charge on any atom is 0.344 e. The summed E-state index contributed by atoms with van der Waals surface area (Å²) in [6, 6.07) is 14.0. The van der Waals surface area contributed by atoms with E-state index in [4.69, 9.17) is 17.0 Å². The molecule has 0 spiro atoms. The summed E-state index contributed by atoms with van der Waals surface area (Å²) in [5.41, 5.74) is 3.91. The van der Waals surface area contributed by atoms with Crippen LogP contribution in [0.3, 0.4) is 0 Å². The molecule has 1 atom stereocenters. The molecule has 0 bridgehead atoms. The van der Waals surface area contributed by atoms with Crippen LogP contribution in [0.1, 0.15) is 18.1 Å². The van der Waals surface area contributed by atoms with Crippen LogP contribution in [-0.2, 0) is 10.3 Å².